The average molecular weight is 332 g/mol. The van der Waals surface area contributed by atoms with Gasteiger partial charge in [-0.1, -0.05) is 30.3 Å². The molecule has 23 heavy (non-hydrogen) atoms. The number of anilines is 2. The second-order valence-corrected chi connectivity index (χ2v) is 8.02. The van der Waals surface area contributed by atoms with E-state index in [2.05, 4.69) is 20.6 Å². The number of sulfone groups is 1. The van der Waals surface area contributed by atoms with Crippen LogP contribution < -0.4 is 10.6 Å². The van der Waals surface area contributed by atoms with Crippen LogP contribution in [0.25, 0.3) is 0 Å². The minimum absolute atomic E-state index is 0.0747. The van der Waals surface area contributed by atoms with Crippen molar-refractivity contribution in [3.05, 3.63) is 48.2 Å². The fourth-order valence-corrected chi connectivity index (χ4v) is 4.32. The Morgan fingerprint density at radius 3 is 2.70 bits per heavy atom. The van der Waals surface area contributed by atoms with Crippen molar-refractivity contribution in [3.8, 4) is 0 Å². The Morgan fingerprint density at radius 2 is 2.00 bits per heavy atom. The highest BCUT2D eigenvalue weighted by atomic mass is 32.2. The van der Waals surface area contributed by atoms with Crippen LogP contribution >= 0.6 is 0 Å². The van der Waals surface area contributed by atoms with E-state index in [4.69, 9.17) is 0 Å². The number of benzene rings is 1. The van der Waals surface area contributed by atoms with Gasteiger partial charge in [-0.05, 0) is 25.0 Å². The molecular formula is C16H20N4O2S. The van der Waals surface area contributed by atoms with Crippen molar-refractivity contribution in [3.63, 3.8) is 0 Å². The molecule has 0 bridgehead atoms. The lowest BCUT2D eigenvalue weighted by atomic mass is 10.1. The first kappa shape index (κ1) is 15.7. The van der Waals surface area contributed by atoms with E-state index in [-0.39, 0.29) is 23.6 Å². The van der Waals surface area contributed by atoms with Crippen molar-refractivity contribution in [2.45, 2.75) is 25.4 Å². The molecule has 1 saturated heterocycles. The SMILES string of the molecule is CC(Nc1nccc(NC2CCS(=O)(=O)C2)n1)c1ccccc1. The molecule has 2 heterocycles. The molecule has 122 valence electrons. The van der Waals surface area contributed by atoms with E-state index in [1.807, 2.05) is 37.3 Å². The lowest BCUT2D eigenvalue weighted by molar-refractivity contribution is 0.602. The van der Waals surface area contributed by atoms with Gasteiger partial charge in [0.2, 0.25) is 5.95 Å². The molecule has 1 aliphatic rings. The highest BCUT2D eigenvalue weighted by Crippen LogP contribution is 2.19. The normalized spacial score (nSPS) is 20.8. The van der Waals surface area contributed by atoms with Gasteiger partial charge < -0.3 is 10.6 Å². The van der Waals surface area contributed by atoms with E-state index >= 15 is 0 Å². The Bertz CT molecular complexity index is 765. The van der Waals surface area contributed by atoms with Crippen LogP contribution in [-0.4, -0.2) is 35.9 Å². The molecule has 0 aliphatic carbocycles. The van der Waals surface area contributed by atoms with Crippen molar-refractivity contribution >= 4 is 21.6 Å². The van der Waals surface area contributed by atoms with E-state index in [1.165, 1.54) is 0 Å². The predicted octanol–water partition coefficient (Wildman–Crippen LogP) is 2.25. The topological polar surface area (TPSA) is 84.0 Å². The summed E-state index contributed by atoms with van der Waals surface area (Å²) in [7, 11) is -2.90. The first-order valence-corrected chi connectivity index (χ1v) is 9.45. The van der Waals surface area contributed by atoms with E-state index in [0.29, 0.717) is 18.2 Å². The Balaban J connectivity index is 1.66. The third kappa shape index (κ3) is 4.19. The predicted molar refractivity (Wildman–Crippen MR) is 91.2 cm³/mol. The number of hydrogen-bond donors (Lipinski definition) is 2. The van der Waals surface area contributed by atoms with Crippen LogP contribution in [0.4, 0.5) is 11.8 Å². The highest BCUT2D eigenvalue weighted by molar-refractivity contribution is 7.91. The number of hydrogen-bond acceptors (Lipinski definition) is 6. The fraction of sp³-hybridized carbons (Fsp3) is 0.375. The Morgan fingerprint density at radius 1 is 1.22 bits per heavy atom. The van der Waals surface area contributed by atoms with E-state index < -0.39 is 9.84 Å². The van der Waals surface area contributed by atoms with Crippen LogP contribution in [0.5, 0.6) is 0 Å². The largest absolute Gasteiger partial charge is 0.366 e. The molecule has 2 N–H and O–H groups in total. The van der Waals surface area contributed by atoms with Gasteiger partial charge in [0, 0.05) is 12.2 Å². The van der Waals surface area contributed by atoms with Gasteiger partial charge >= 0.3 is 0 Å². The molecule has 7 heteroatoms. The first-order chi connectivity index (χ1) is 11.0. The molecule has 1 fully saturated rings. The molecule has 0 spiro atoms. The quantitative estimate of drug-likeness (QED) is 0.874. The van der Waals surface area contributed by atoms with Crippen LogP contribution in [0.2, 0.25) is 0 Å². The summed E-state index contributed by atoms with van der Waals surface area (Å²) in [5, 5.41) is 6.44. The van der Waals surface area contributed by atoms with Crippen LogP contribution in [0.15, 0.2) is 42.6 Å². The zero-order valence-corrected chi connectivity index (χ0v) is 13.8. The second-order valence-electron chi connectivity index (χ2n) is 5.79. The van der Waals surface area contributed by atoms with Crippen LogP contribution in [0, 0.1) is 0 Å². The summed E-state index contributed by atoms with van der Waals surface area (Å²) in [4.78, 5) is 8.65. The maximum Gasteiger partial charge on any atom is 0.225 e. The molecule has 0 amide bonds. The lowest BCUT2D eigenvalue weighted by Crippen LogP contribution is -2.21. The Hall–Kier alpha value is -2.15. The van der Waals surface area contributed by atoms with Gasteiger partial charge in [-0.15, -0.1) is 0 Å². The van der Waals surface area contributed by atoms with Crippen molar-refractivity contribution in [1.82, 2.24) is 9.97 Å². The molecule has 2 unspecified atom stereocenters. The summed E-state index contributed by atoms with van der Waals surface area (Å²) in [6.45, 7) is 2.04. The van der Waals surface area contributed by atoms with E-state index in [9.17, 15) is 8.42 Å². The van der Waals surface area contributed by atoms with Crippen molar-refractivity contribution in [2.24, 2.45) is 0 Å². The van der Waals surface area contributed by atoms with Crippen molar-refractivity contribution in [2.75, 3.05) is 22.1 Å². The second kappa shape index (κ2) is 6.54. The van der Waals surface area contributed by atoms with Crippen LogP contribution in [0.3, 0.4) is 0 Å². The van der Waals surface area contributed by atoms with Gasteiger partial charge in [0.15, 0.2) is 9.84 Å². The molecule has 3 rings (SSSR count). The summed E-state index contributed by atoms with van der Waals surface area (Å²) in [6.07, 6.45) is 2.29. The molecular weight excluding hydrogens is 312 g/mol. The van der Waals surface area contributed by atoms with Crippen molar-refractivity contribution < 1.29 is 8.42 Å². The Labute approximate surface area is 136 Å². The first-order valence-electron chi connectivity index (χ1n) is 7.63. The molecule has 0 saturated carbocycles. The Kier molecular flexibility index (Phi) is 4.47. The van der Waals surface area contributed by atoms with Gasteiger partial charge in [0.05, 0.1) is 17.5 Å². The highest BCUT2D eigenvalue weighted by Gasteiger charge is 2.27. The number of rotatable bonds is 5. The third-order valence-corrected chi connectivity index (χ3v) is 5.65. The van der Waals surface area contributed by atoms with Gasteiger partial charge in [0.1, 0.15) is 5.82 Å². The molecule has 0 radical (unpaired) electrons. The van der Waals surface area contributed by atoms with Gasteiger partial charge in [-0.2, -0.15) is 4.98 Å². The van der Waals surface area contributed by atoms with Gasteiger partial charge in [-0.25, -0.2) is 13.4 Å². The summed E-state index contributed by atoms with van der Waals surface area (Å²) < 4.78 is 23.0. The lowest BCUT2D eigenvalue weighted by Gasteiger charge is -2.16. The monoisotopic (exact) mass is 332 g/mol. The third-order valence-electron chi connectivity index (χ3n) is 3.89. The van der Waals surface area contributed by atoms with Crippen molar-refractivity contribution in [1.29, 1.82) is 0 Å². The van der Waals surface area contributed by atoms with E-state index in [1.54, 1.807) is 12.3 Å². The summed E-state index contributed by atoms with van der Waals surface area (Å²) >= 11 is 0. The zero-order valence-electron chi connectivity index (χ0n) is 12.9. The minimum Gasteiger partial charge on any atom is -0.366 e. The fourth-order valence-electron chi connectivity index (χ4n) is 2.65. The number of nitrogens with one attached hydrogen (secondary N) is 2. The zero-order chi connectivity index (χ0) is 16.3. The summed E-state index contributed by atoms with van der Waals surface area (Å²) in [5.41, 5.74) is 1.15. The van der Waals surface area contributed by atoms with Gasteiger partial charge in [-0.3, -0.25) is 0 Å². The maximum atomic E-state index is 11.5. The van der Waals surface area contributed by atoms with Gasteiger partial charge in [0.25, 0.3) is 0 Å². The number of nitrogens with zero attached hydrogens (tertiary/aromatic N) is 2. The summed E-state index contributed by atoms with van der Waals surface area (Å²) in [6, 6.07) is 11.8. The molecule has 1 aliphatic heterocycles. The molecule has 6 nitrogen and oxygen atoms in total. The van der Waals surface area contributed by atoms with Crippen LogP contribution in [0.1, 0.15) is 24.9 Å². The minimum atomic E-state index is -2.90. The van der Waals surface area contributed by atoms with Crippen LogP contribution in [-0.2, 0) is 9.84 Å². The smallest absolute Gasteiger partial charge is 0.225 e. The maximum absolute atomic E-state index is 11.5. The summed E-state index contributed by atoms with van der Waals surface area (Å²) in [5.74, 6) is 1.57. The van der Waals surface area contributed by atoms with E-state index in [0.717, 1.165) is 5.56 Å². The molecule has 2 aromatic rings. The molecule has 2 atom stereocenters. The number of aromatic nitrogens is 2. The molecule has 1 aromatic heterocycles. The molecule has 1 aromatic carbocycles. The standard InChI is InChI=1S/C16H20N4O2S/c1-12(13-5-3-2-4-6-13)18-16-17-9-7-15(20-16)19-14-8-10-23(21,22)11-14/h2-7,9,12,14H,8,10-11H2,1H3,(H2,17,18,19,20). The average Bonchev–Trinajstić information content (AvgIpc) is 2.87.